The SMILES string of the molecule is CCOc1ccc(NC(=O)C(=S)N[C@@H](C)c2ccccc2)cc1. The molecule has 0 bridgehead atoms. The number of nitrogens with one attached hydrogen (secondary N) is 2. The zero-order valence-electron chi connectivity index (χ0n) is 13.2. The first-order valence-electron chi connectivity index (χ1n) is 7.49. The zero-order chi connectivity index (χ0) is 16.7. The third-order valence-corrected chi connectivity index (χ3v) is 3.58. The molecule has 0 aliphatic heterocycles. The molecule has 0 heterocycles. The number of hydrogen-bond donors (Lipinski definition) is 2. The summed E-state index contributed by atoms with van der Waals surface area (Å²) >= 11 is 5.17. The highest BCUT2D eigenvalue weighted by Gasteiger charge is 2.13. The van der Waals surface area contributed by atoms with Crippen LogP contribution in [0.2, 0.25) is 0 Å². The van der Waals surface area contributed by atoms with Crippen molar-refractivity contribution in [3.63, 3.8) is 0 Å². The van der Waals surface area contributed by atoms with Crippen LogP contribution in [-0.2, 0) is 4.79 Å². The van der Waals surface area contributed by atoms with Crippen LogP contribution in [0.5, 0.6) is 5.75 Å². The lowest BCUT2D eigenvalue weighted by atomic mass is 10.1. The number of anilines is 1. The van der Waals surface area contributed by atoms with E-state index in [0.717, 1.165) is 11.3 Å². The van der Waals surface area contributed by atoms with E-state index < -0.39 is 0 Å². The van der Waals surface area contributed by atoms with E-state index in [2.05, 4.69) is 10.6 Å². The molecular weight excluding hydrogens is 308 g/mol. The highest BCUT2D eigenvalue weighted by Crippen LogP contribution is 2.16. The van der Waals surface area contributed by atoms with Crippen molar-refractivity contribution in [2.45, 2.75) is 19.9 Å². The molecule has 0 fully saturated rings. The van der Waals surface area contributed by atoms with E-state index in [9.17, 15) is 4.79 Å². The lowest BCUT2D eigenvalue weighted by molar-refractivity contribution is -0.110. The van der Waals surface area contributed by atoms with Crippen LogP contribution in [0.3, 0.4) is 0 Å². The summed E-state index contributed by atoms with van der Waals surface area (Å²) in [5, 5.41) is 5.81. The molecule has 0 unspecified atom stereocenters. The van der Waals surface area contributed by atoms with Crippen molar-refractivity contribution in [1.82, 2.24) is 5.32 Å². The third-order valence-electron chi connectivity index (χ3n) is 3.28. The van der Waals surface area contributed by atoms with Gasteiger partial charge in [0.15, 0.2) is 4.99 Å². The first kappa shape index (κ1) is 17.0. The Labute approximate surface area is 141 Å². The number of benzene rings is 2. The van der Waals surface area contributed by atoms with Gasteiger partial charge in [0.25, 0.3) is 5.91 Å². The van der Waals surface area contributed by atoms with Gasteiger partial charge in [0.05, 0.1) is 6.61 Å². The smallest absolute Gasteiger partial charge is 0.283 e. The van der Waals surface area contributed by atoms with Crippen LogP contribution in [0, 0.1) is 0 Å². The quantitative estimate of drug-likeness (QED) is 0.822. The minimum absolute atomic E-state index is 0.0326. The Morgan fingerprint density at radius 3 is 2.39 bits per heavy atom. The largest absolute Gasteiger partial charge is 0.494 e. The Bertz CT molecular complexity index is 656. The predicted octanol–water partition coefficient (Wildman–Crippen LogP) is 3.70. The van der Waals surface area contributed by atoms with Gasteiger partial charge in [-0.15, -0.1) is 0 Å². The van der Waals surface area contributed by atoms with Gasteiger partial charge >= 0.3 is 0 Å². The van der Waals surface area contributed by atoms with Gasteiger partial charge in [0.1, 0.15) is 5.75 Å². The first-order chi connectivity index (χ1) is 11.1. The molecule has 0 radical (unpaired) electrons. The van der Waals surface area contributed by atoms with Crippen molar-refractivity contribution in [2.24, 2.45) is 0 Å². The van der Waals surface area contributed by atoms with Crippen LogP contribution in [0.15, 0.2) is 54.6 Å². The lowest BCUT2D eigenvalue weighted by Gasteiger charge is -2.16. The summed E-state index contributed by atoms with van der Waals surface area (Å²) in [6.07, 6.45) is 0. The predicted molar refractivity (Wildman–Crippen MR) is 96.8 cm³/mol. The average molecular weight is 328 g/mol. The van der Waals surface area contributed by atoms with E-state index >= 15 is 0 Å². The summed E-state index contributed by atoms with van der Waals surface area (Å²) < 4.78 is 5.36. The number of thiocarbonyl (C=S) groups is 1. The van der Waals surface area contributed by atoms with Gasteiger partial charge in [-0.2, -0.15) is 0 Å². The van der Waals surface area contributed by atoms with Crippen LogP contribution in [0.25, 0.3) is 0 Å². The number of hydrogen-bond acceptors (Lipinski definition) is 3. The Morgan fingerprint density at radius 1 is 1.13 bits per heavy atom. The van der Waals surface area contributed by atoms with Gasteiger partial charge < -0.3 is 15.4 Å². The topological polar surface area (TPSA) is 50.4 Å². The van der Waals surface area contributed by atoms with Crippen molar-refractivity contribution in [3.05, 3.63) is 60.2 Å². The second-order valence-electron chi connectivity index (χ2n) is 5.02. The molecule has 0 aliphatic carbocycles. The molecule has 120 valence electrons. The monoisotopic (exact) mass is 328 g/mol. The van der Waals surface area contributed by atoms with Crippen LogP contribution >= 0.6 is 12.2 Å². The molecule has 1 atom stereocenters. The van der Waals surface area contributed by atoms with E-state index in [-0.39, 0.29) is 16.9 Å². The summed E-state index contributed by atoms with van der Waals surface area (Å²) in [4.78, 5) is 12.3. The number of ether oxygens (including phenoxy) is 1. The molecule has 4 nitrogen and oxygen atoms in total. The Hall–Kier alpha value is -2.40. The average Bonchev–Trinajstić information content (AvgIpc) is 2.57. The molecule has 2 aromatic rings. The number of rotatable bonds is 5. The minimum Gasteiger partial charge on any atom is -0.494 e. The standard InChI is InChI=1S/C18H20N2O2S/c1-3-22-16-11-9-15(10-12-16)20-17(21)18(23)19-13(2)14-7-5-4-6-8-14/h4-13H,3H2,1-2H3,(H,19,23)(H,20,21)/t13-/m0/s1. The molecule has 5 heteroatoms. The van der Waals surface area contributed by atoms with Crippen LogP contribution in [0.1, 0.15) is 25.5 Å². The van der Waals surface area contributed by atoms with Crippen LogP contribution in [-0.4, -0.2) is 17.5 Å². The van der Waals surface area contributed by atoms with Gasteiger partial charge in [-0.25, -0.2) is 0 Å². The molecular formula is C18H20N2O2S. The van der Waals surface area contributed by atoms with Crippen molar-refractivity contribution in [3.8, 4) is 5.75 Å². The third kappa shape index (κ3) is 5.07. The van der Waals surface area contributed by atoms with Gasteiger partial charge in [-0.05, 0) is 43.7 Å². The fourth-order valence-electron chi connectivity index (χ4n) is 2.08. The molecule has 0 saturated heterocycles. The maximum Gasteiger partial charge on any atom is 0.283 e. The molecule has 0 spiro atoms. The minimum atomic E-state index is -0.327. The first-order valence-corrected chi connectivity index (χ1v) is 7.90. The second kappa shape index (κ2) is 8.29. The van der Waals surface area contributed by atoms with Gasteiger partial charge in [-0.1, -0.05) is 42.5 Å². The fourth-order valence-corrected chi connectivity index (χ4v) is 2.30. The molecule has 0 aliphatic rings. The van der Waals surface area contributed by atoms with Crippen molar-refractivity contribution in [2.75, 3.05) is 11.9 Å². The summed E-state index contributed by atoms with van der Waals surface area (Å²) in [5.41, 5.74) is 1.75. The summed E-state index contributed by atoms with van der Waals surface area (Å²) in [6.45, 7) is 4.50. The fraction of sp³-hybridized carbons (Fsp3) is 0.222. The molecule has 0 aromatic heterocycles. The van der Waals surface area contributed by atoms with Gasteiger partial charge in [-0.3, -0.25) is 4.79 Å². The Balaban J connectivity index is 1.91. The van der Waals surface area contributed by atoms with Crippen molar-refractivity contribution >= 4 is 28.8 Å². The van der Waals surface area contributed by atoms with E-state index in [1.807, 2.05) is 56.3 Å². The molecule has 23 heavy (non-hydrogen) atoms. The van der Waals surface area contributed by atoms with Crippen molar-refractivity contribution in [1.29, 1.82) is 0 Å². The Kier molecular flexibility index (Phi) is 6.11. The second-order valence-corrected chi connectivity index (χ2v) is 5.43. The number of carbonyl (C=O) groups is 1. The summed E-state index contributed by atoms with van der Waals surface area (Å²) in [7, 11) is 0. The normalized spacial score (nSPS) is 11.4. The maximum absolute atomic E-state index is 12.1. The highest BCUT2D eigenvalue weighted by molar-refractivity contribution is 7.82. The maximum atomic E-state index is 12.1. The zero-order valence-corrected chi connectivity index (χ0v) is 14.0. The molecule has 2 aromatic carbocycles. The van der Waals surface area contributed by atoms with E-state index in [1.165, 1.54) is 0 Å². The van der Waals surface area contributed by atoms with Crippen LogP contribution in [0.4, 0.5) is 5.69 Å². The highest BCUT2D eigenvalue weighted by atomic mass is 32.1. The summed E-state index contributed by atoms with van der Waals surface area (Å²) in [5.74, 6) is 0.441. The molecule has 0 saturated carbocycles. The van der Waals surface area contributed by atoms with E-state index in [0.29, 0.717) is 12.3 Å². The lowest BCUT2D eigenvalue weighted by Crippen LogP contribution is -2.35. The summed E-state index contributed by atoms with van der Waals surface area (Å²) in [6, 6.07) is 17.0. The van der Waals surface area contributed by atoms with Crippen molar-refractivity contribution < 1.29 is 9.53 Å². The van der Waals surface area contributed by atoms with Gasteiger partial charge in [0, 0.05) is 11.7 Å². The van der Waals surface area contributed by atoms with Gasteiger partial charge in [0.2, 0.25) is 0 Å². The van der Waals surface area contributed by atoms with E-state index in [4.69, 9.17) is 17.0 Å². The Morgan fingerprint density at radius 2 is 1.78 bits per heavy atom. The molecule has 2 rings (SSSR count). The van der Waals surface area contributed by atoms with Crippen LogP contribution < -0.4 is 15.4 Å². The number of amides is 1. The van der Waals surface area contributed by atoms with E-state index in [1.54, 1.807) is 12.1 Å². The molecule has 2 N–H and O–H groups in total. The molecule has 1 amide bonds. The number of carbonyl (C=O) groups excluding carboxylic acids is 1.